The van der Waals surface area contributed by atoms with Gasteiger partial charge in [-0.15, -0.1) is 0 Å². The van der Waals surface area contributed by atoms with Crippen LogP contribution in [0.15, 0.2) is 18.2 Å². The average molecular weight is 488 g/mol. The molecule has 7 heteroatoms. The standard InChI is InChI=1S/C23H35N3O4.C5H10/c1-3-7-23(8-4-2)29-18-19-17-20(5-6-21(19)30-23)24-9-11-25(12-10-24)22(27)26-13-15-28-16-14-26;1-5-3-2-4-5/h5-6,17H,3-4,7-16,18H2,1-2H3;5H,2-4H2,1H3. The molecule has 4 aliphatic rings. The van der Waals surface area contributed by atoms with E-state index in [-0.39, 0.29) is 6.03 Å². The van der Waals surface area contributed by atoms with Gasteiger partial charge in [-0.1, -0.05) is 40.0 Å². The number of benzene rings is 1. The van der Waals surface area contributed by atoms with E-state index in [0.29, 0.717) is 32.9 Å². The summed E-state index contributed by atoms with van der Waals surface area (Å²) in [7, 11) is 0. The van der Waals surface area contributed by atoms with E-state index in [0.717, 1.165) is 69.1 Å². The summed E-state index contributed by atoms with van der Waals surface area (Å²) >= 11 is 0. The predicted octanol–water partition coefficient (Wildman–Crippen LogP) is 5.27. The van der Waals surface area contributed by atoms with Crippen molar-refractivity contribution in [1.29, 1.82) is 0 Å². The summed E-state index contributed by atoms with van der Waals surface area (Å²) in [5.41, 5.74) is 2.29. The maximum Gasteiger partial charge on any atom is 0.320 e. The van der Waals surface area contributed by atoms with Crippen LogP contribution in [0.2, 0.25) is 0 Å². The third kappa shape index (κ3) is 6.62. The van der Waals surface area contributed by atoms with Crippen LogP contribution >= 0.6 is 0 Å². The number of ether oxygens (including phenoxy) is 3. The predicted molar refractivity (Wildman–Crippen MR) is 139 cm³/mol. The van der Waals surface area contributed by atoms with Gasteiger partial charge < -0.3 is 28.9 Å². The van der Waals surface area contributed by atoms with Gasteiger partial charge in [0, 0.05) is 63.4 Å². The van der Waals surface area contributed by atoms with Crippen LogP contribution in [0.5, 0.6) is 5.75 Å². The quantitative estimate of drug-likeness (QED) is 0.566. The molecule has 0 N–H and O–H groups in total. The number of piperazine rings is 1. The number of morpholine rings is 1. The fraction of sp³-hybridized carbons (Fsp3) is 0.750. The Morgan fingerprint density at radius 2 is 1.60 bits per heavy atom. The van der Waals surface area contributed by atoms with Crippen molar-refractivity contribution in [3.8, 4) is 5.75 Å². The van der Waals surface area contributed by atoms with Gasteiger partial charge in [0.1, 0.15) is 5.75 Å². The van der Waals surface area contributed by atoms with E-state index >= 15 is 0 Å². The molecule has 3 heterocycles. The molecule has 196 valence electrons. The van der Waals surface area contributed by atoms with Gasteiger partial charge in [0.2, 0.25) is 5.79 Å². The van der Waals surface area contributed by atoms with E-state index in [4.69, 9.17) is 14.2 Å². The summed E-state index contributed by atoms with van der Waals surface area (Å²) in [4.78, 5) is 18.9. The smallest absolute Gasteiger partial charge is 0.320 e. The van der Waals surface area contributed by atoms with Crippen LogP contribution in [0.4, 0.5) is 10.5 Å². The van der Waals surface area contributed by atoms with E-state index in [1.165, 1.54) is 24.9 Å². The molecular formula is C28H45N3O4. The van der Waals surface area contributed by atoms with Crippen molar-refractivity contribution < 1.29 is 19.0 Å². The van der Waals surface area contributed by atoms with Crippen molar-refractivity contribution in [2.24, 2.45) is 5.92 Å². The molecule has 3 aliphatic heterocycles. The van der Waals surface area contributed by atoms with Gasteiger partial charge >= 0.3 is 6.03 Å². The number of carbonyl (C=O) groups is 1. The molecule has 1 aromatic rings. The molecule has 0 unspecified atom stereocenters. The third-order valence-corrected chi connectivity index (χ3v) is 7.68. The lowest BCUT2D eigenvalue weighted by molar-refractivity contribution is -0.214. The van der Waals surface area contributed by atoms with Gasteiger partial charge in [0.05, 0.1) is 19.8 Å². The van der Waals surface area contributed by atoms with Crippen molar-refractivity contribution >= 4 is 11.7 Å². The van der Waals surface area contributed by atoms with Gasteiger partial charge in [0.15, 0.2) is 0 Å². The summed E-state index contributed by atoms with van der Waals surface area (Å²) in [6.07, 6.45) is 8.38. The number of hydrogen-bond acceptors (Lipinski definition) is 5. The lowest BCUT2D eigenvalue weighted by Crippen LogP contribution is -2.54. The van der Waals surface area contributed by atoms with Crippen LogP contribution in [0.25, 0.3) is 0 Å². The number of urea groups is 1. The molecule has 2 saturated heterocycles. The van der Waals surface area contributed by atoms with Crippen LogP contribution < -0.4 is 9.64 Å². The minimum Gasteiger partial charge on any atom is -0.462 e. The molecule has 0 atom stereocenters. The van der Waals surface area contributed by atoms with E-state index in [9.17, 15) is 4.79 Å². The molecule has 0 aromatic heterocycles. The monoisotopic (exact) mass is 487 g/mol. The fourth-order valence-electron chi connectivity index (χ4n) is 5.27. The first kappa shape index (κ1) is 26.1. The zero-order valence-corrected chi connectivity index (χ0v) is 22.1. The van der Waals surface area contributed by atoms with Crippen molar-refractivity contribution in [3.05, 3.63) is 23.8 Å². The zero-order chi connectivity index (χ0) is 24.7. The lowest BCUT2D eigenvalue weighted by Gasteiger charge is -2.40. The Balaban J connectivity index is 0.000000514. The third-order valence-electron chi connectivity index (χ3n) is 7.68. The zero-order valence-electron chi connectivity index (χ0n) is 22.1. The average Bonchev–Trinajstić information content (AvgIpc) is 2.88. The second-order valence-electron chi connectivity index (χ2n) is 10.5. The van der Waals surface area contributed by atoms with E-state index in [1.54, 1.807) is 0 Å². The molecule has 0 radical (unpaired) electrons. The first-order valence-electron chi connectivity index (χ1n) is 13.9. The maximum atomic E-state index is 12.7. The molecule has 1 aliphatic carbocycles. The number of rotatable bonds is 5. The van der Waals surface area contributed by atoms with Crippen LogP contribution in [0, 0.1) is 5.92 Å². The summed E-state index contributed by atoms with van der Waals surface area (Å²) < 4.78 is 17.9. The van der Waals surface area contributed by atoms with Gasteiger partial charge in [-0.2, -0.15) is 0 Å². The Bertz CT molecular complexity index is 808. The highest BCUT2D eigenvalue weighted by Crippen LogP contribution is 2.38. The number of hydrogen-bond donors (Lipinski definition) is 0. The van der Waals surface area contributed by atoms with Gasteiger partial charge in [0.25, 0.3) is 0 Å². The van der Waals surface area contributed by atoms with Gasteiger partial charge in [-0.3, -0.25) is 0 Å². The van der Waals surface area contributed by atoms with E-state index in [1.807, 2.05) is 9.80 Å². The van der Waals surface area contributed by atoms with Crippen LogP contribution in [0.3, 0.4) is 0 Å². The Labute approximate surface area is 211 Å². The van der Waals surface area contributed by atoms with Gasteiger partial charge in [-0.25, -0.2) is 4.79 Å². The Hall–Kier alpha value is -1.99. The first-order chi connectivity index (χ1) is 17.0. The summed E-state index contributed by atoms with van der Waals surface area (Å²) in [6.45, 7) is 13.1. The Morgan fingerprint density at radius 1 is 0.971 bits per heavy atom. The molecule has 0 spiro atoms. The Kier molecular flexibility index (Phi) is 9.17. The van der Waals surface area contributed by atoms with Gasteiger partial charge in [-0.05, 0) is 37.0 Å². The number of nitrogens with zero attached hydrogens (tertiary/aromatic N) is 3. The summed E-state index contributed by atoms with van der Waals surface area (Å²) in [5.74, 6) is 1.55. The molecule has 7 nitrogen and oxygen atoms in total. The molecule has 3 fully saturated rings. The summed E-state index contributed by atoms with van der Waals surface area (Å²) in [5, 5.41) is 0. The maximum absolute atomic E-state index is 12.7. The number of fused-ring (bicyclic) bond motifs is 1. The van der Waals surface area contributed by atoms with Crippen molar-refractivity contribution in [1.82, 2.24) is 9.80 Å². The van der Waals surface area contributed by atoms with Crippen molar-refractivity contribution in [2.45, 2.75) is 78.1 Å². The number of amides is 2. The van der Waals surface area contributed by atoms with Crippen LogP contribution in [-0.2, 0) is 16.1 Å². The van der Waals surface area contributed by atoms with E-state index in [2.05, 4.69) is 43.9 Å². The highest BCUT2D eigenvalue weighted by molar-refractivity contribution is 5.75. The topological polar surface area (TPSA) is 54.5 Å². The van der Waals surface area contributed by atoms with Crippen LogP contribution in [-0.4, -0.2) is 74.1 Å². The summed E-state index contributed by atoms with van der Waals surface area (Å²) in [6, 6.07) is 6.58. The molecule has 5 rings (SSSR count). The van der Waals surface area contributed by atoms with Crippen LogP contribution in [0.1, 0.15) is 71.3 Å². The Morgan fingerprint density at radius 3 is 2.17 bits per heavy atom. The lowest BCUT2D eigenvalue weighted by atomic mass is 9.88. The molecule has 2 amide bonds. The molecule has 1 aromatic carbocycles. The minimum atomic E-state index is -0.469. The normalized spacial score (nSPS) is 21.9. The fourth-order valence-corrected chi connectivity index (χ4v) is 5.27. The largest absolute Gasteiger partial charge is 0.462 e. The molecular weight excluding hydrogens is 442 g/mol. The number of anilines is 1. The minimum absolute atomic E-state index is 0.147. The SMILES string of the molecule is CC1CCC1.CCCC1(CCC)OCc2cc(N3CCN(C(=O)N4CCOCC4)CC3)ccc2O1. The second kappa shape index (κ2) is 12.3. The molecule has 35 heavy (non-hydrogen) atoms. The number of carbonyl (C=O) groups excluding carboxylic acids is 1. The first-order valence-corrected chi connectivity index (χ1v) is 13.9. The van der Waals surface area contributed by atoms with Crippen molar-refractivity contribution in [3.63, 3.8) is 0 Å². The van der Waals surface area contributed by atoms with Crippen molar-refractivity contribution in [2.75, 3.05) is 57.4 Å². The molecule has 1 saturated carbocycles. The second-order valence-corrected chi connectivity index (χ2v) is 10.5. The highest BCUT2D eigenvalue weighted by atomic mass is 16.7. The van der Waals surface area contributed by atoms with E-state index < -0.39 is 5.79 Å². The highest BCUT2D eigenvalue weighted by Gasteiger charge is 2.36. The molecule has 0 bridgehead atoms.